The van der Waals surface area contributed by atoms with Crippen LogP contribution in [0.15, 0.2) is 50.8 Å². The Bertz CT molecular complexity index is 1050. The Labute approximate surface area is 178 Å². The van der Waals surface area contributed by atoms with Crippen molar-refractivity contribution < 1.29 is 8.42 Å². The fourth-order valence-corrected chi connectivity index (χ4v) is 5.87. The molecular weight excluding hydrogens is 428 g/mol. The van der Waals surface area contributed by atoms with Gasteiger partial charge in [-0.15, -0.1) is 22.7 Å². The van der Waals surface area contributed by atoms with Gasteiger partial charge < -0.3 is 0 Å². The summed E-state index contributed by atoms with van der Waals surface area (Å²) in [5, 5.41) is 8.36. The lowest BCUT2D eigenvalue weighted by Crippen LogP contribution is -2.38. The first kappa shape index (κ1) is 21.8. The molecule has 0 fully saturated rings. The summed E-state index contributed by atoms with van der Waals surface area (Å²) in [5.41, 5.74) is 0.239. The first-order valence-corrected chi connectivity index (χ1v) is 12.5. The van der Waals surface area contributed by atoms with Crippen molar-refractivity contribution in [2.45, 2.75) is 37.1 Å². The average molecular weight is 453 g/mol. The molecule has 2 N–H and O–H groups in total. The number of H-pyrrole nitrogens is 1. The Kier molecular flexibility index (Phi) is 7.36. The van der Waals surface area contributed by atoms with E-state index in [2.05, 4.69) is 45.1 Å². The summed E-state index contributed by atoms with van der Waals surface area (Å²) in [4.78, 5) is 15.4. The minimum atomic E-state index is -3.60. The SMILES string of the molecule is CC[C@@H](C)N(CCNS(=O)(=O)c1ccc(-c2ccc(=O)[nH]n2)s1)Cc1cccs1. The highest BCUT2D eigenvalue weighted by Gasteiger charge is 2.19. The Morgan fingerprint density at radius 2 is 2.07 bits per heavy atom. The van der Waals surface area contributed by atoms with Gasteiger partial charge in [0.1, 0.15) is 9.90 Å². The van der Waals surface area contributed by atoms with Crippen LogP contribution in [0.4, 0.5) is 0 Å². The highest BCUT2D eigenvalue weighted by molar-refractivity contribution is 7.91. The fourth-order valence-electron chi connectivity index (χ4n) is 2.79. The van der Waals surface area contributed by atoms with Gasteiger partial charge in [-0.05, 0) is 43.0 Å². The van der Waals surface area contributed by atoms with E-state index in [4.69, 9.17) is 0 Å². The second-order valence-electron chi connectivity index (χ2n) is 6.63. The standard InChI is InChI=1S/C19H24N4O3S3/c1-3-14(2)23(13-15-5-4-12-27-15)11-10-20-29(25,26)19-9-7-17(28-19)16-6-8-18(24)22-21-16/h4-9,12,14,20H,3,10-11,13H2,1-2H3,(H,22,24)/t14-/m1/s1. The van der Waals surface area contributed by atoms with Gasteiger partial charge in [0, 0.05) is 36.6 Å². The van der Waals surface area contributed by atoms with Crippen molar-refractivity contribution in [3.05, 3.63) is 57.0 Å². The first-order valence-electron chi connectivity index (χ1n) is 9.31. The zero-order valence-electron chi connectivity index (χ0n) is 16.3. The van der Waals surface area contributed by atoms with Crippen molar-refractivity contribution in [1.29, 1.82) is 0 Å². The van der Waals surface area contributed by atoms with E-state index in [0.29, 0.717) is 29.7 Å². The number of rotatable bonds is 10. The van der Waals surface area contributed by atoms with Gasteiger partial charge in [-0.3, -0.25) is 9.69 Å². The van der Waals surface area contributed by atoms with Crippen LogP contribution in [0.5, 0.6) is 0 Å². The quantitative estimate of drug-likeness (QED) is 0.493. The maximum absolute atomic E-state index is 12.7. The molecule has 156 valence electrons. The van der Waals surface area contributed by atoms with E-state index < -0.39 is 10.0 Å². The van der Waals surface area contributed by atoms with E-state index in [1.807, 2.05) is 6.07 Å². The molecule has 0 radical (unpaired) electrons. The largest absolute Gasteiger partial charge is 0.294 e. The fraction of sp³-hybridized carbons (Fsp3) is 0.368. The summed E-state index contributed by atoms with van der Waals surface area (Å²) < 4.78 is 28.3. The Morgan fingerprint density at radius 1 is 1.24 bits per heavy atom. The van der Waals surface area contributed by atoms with Gasteiger partial charge in [0.05, 0.1) is 4.88 Å². The number of hydrogen-bond donors (Lipinski definition) is 2. The molecule has 0 aliphatic rings. The Morgan fingerprint density at radius 3 is 2.72 bits per heavy atom. The topological polar surface area (TPSA) is 95.2 Å². The van der Waals surface area contributed by atoms with E-state index in [-0.39, 0.29) is 9.77 Å². The minimum absolute atomic E-state index is 0.230. The van der Waals surface area contributed by atoms with Crippen LogP contribution in [0.25, 0.3) is 10.6 Å². The predicted molar refractivity (Wildman–Crippen MR) is 118 cm³/mol. The molecule has 0 saturated heterocycles. The van der Waals surface area contributed by atoms with Gasteiger partial charge in [0.25, 0.3) is 5.56 Å². The molecule has 0 aliphatic heterocycles. The van der Waals surface area contributed by atoms with Crippen LogP contribution in [0.1, 0.15) is 25.1 Å². The molecule has 3 aromatic heterocycles. The maximum atomic E-state index is 12.7. The summed E-state index contributed by atoms with van der Waals surface area (Å²) in [6.45, 7) is 6.07. The van der Waals surface area contributed by atoms with Gasteiger partial charge in [-0.1, -0.05) is 13.0 Å². The first-order chi connectivity index (χ1) is 13.9. The molecule has 10 heteroatoms. The molecule has 0 amide bonds. The molecular formula is C19H24N4O3S3. The highest BCUT2D eigenvalue weighted by atomic mass is 32.2. The second kappa shape index (κ2) is 9.77. The molecule has 1 atom stereocenters. The molecule has 3 rings (SSSR count). The molecule has 29 heavy (non-hydrogen) atoms. The van der Waals surface area contributed by atoms with Crippen molar-refractivity contribution in [1.82, 2.24) is 19.8 Å². The van der Waals surface area contributed by atoms with Crippen LogP contribution in [-0.4, -0.2) is 42.6 Å². The van der Waals surface area contributed by atoms with Crippen molar-refractivity contribution in [2.75, 3.05) is 13.1 Å². The zero-order chi connectivity index (χ0) is 20.9. The molecule has 0 unspecified atom stereocenters. The lowest BCUT2D eigenvalue weighted by Gasteiger charge is -2.27. The zero-order valence-corrected chi connectivity index (χ0v) is 18.7. The van der Waals surface area contributed by atoms with Crippen LogP contribution < -0.4 is 10.3 Å². The predicted octanol–water partition coefficient (Wildman–Crippen LogP) is 3.14. The normalized spacial score (nSPS) is 13.1. The lowest BCUT2D eigenvalue weighted by atomic mass is 10.2. The number of hydrogen-bond acceptors (Lipinski definition) is 7. The Hall–Kier alpha value is -1.85. The average Bonchev–Trinajstić information content (AvgIpc) is 3.39. The van der Waals surface area contributed by atoms with E-state index in [9.17, 15) is 13.2 Å². The van der Waals surface area contributed by atoms with Crippen molar-refractivity contribution in [2.24, 2.45) is 0 Å². The molecule has 0 spiro atoms. The number of aromatic nitrogens is 2. The number of nitrogens with zero attached hydrogens (tertiary/aromatic N) is 2. The van der Waals surface area contributed by atoms with Crippen LogP contribution >= 0.6 is 22.7 Å². The van der Waals surface area contributed by atoms with E-state index in [1.54, 1.807) is 29.5 Å². The van der Waals surface area contributed by atoms with Crippen molar-refractivity contribution >= 4 is 32.7 Å². The van der Waals surface area contributed by atoms with Gasteiger partial charge in [-0.2, -0.15) is 5.10 Å². The highest BCUT2D eigenvalue weighted by Crippen LogP contribution is 2.28. The van der Waals surface area contributed by atoms with Gasteiger partial charge in [-0.25, -0.2) is 18.2 Å². The van der Waals surface area contributed by atoms with Gasteiger partial charge in [0.15, 0.2) is 0 Å². The second-order valence-corrected chi connectivity index (χ2v) is 10.7. The number of nitrogens with one attached hydrogen (secondary N) is 2. The number of aromatic amines is 1. The maximum Gasteiger partial charge on any atom is 0.264 e. The molecule has 3 aromatic rings. The summed E-state index contributed by atoms with van der Waals surface area (Å²) in [6, 6.07) is 10.7. The van der Waals surface area contributed by atoms with E-state index in [0.717, 1.165) is 24.3 Å². The molecule has 0 bridgehead atoms. The minimum Gasteiger partial charge on any atom is -0.294 e. The third-order valence-electron chi connectivity index (χ3n) is 4.62. The number of sulfonamides is 1. The summed E-state index contributed by atoms with van der Waals surface area (Å²) in [7, 11) is -3.60. The van der Waals surface area contributed by atoms with E-state index in [1.165, 1.54) is 10.9 Å². The lowest BCUT2D eigenvalue weighted by molar-refractivity contribution is 0.201. The van der Waals surface area contributed by atoms with Crippen LogP contribution in [-0.2, 0) is 16.6 Å². The van der Waals surface area contributed by atoms with Crippen LogP contribution in [0, 0.1) is 0 Å². The molecule has 0 aromatic carbocycles. The van der Waals surface area contributed by atoms with Crippen molar-refractivity contribution in [3.63, 3.8) is 0 Å². The van der Waals surface area contributed by atoms with Crippen LogP contribution in [0.3, 0.4) is 0 Å². The summed E-state index contributed by atoms with van der Waals surface area (Å²) in [6.07, 6.45) is 0.999. The van der Waals surface area contributed by atoms with Gasteiger partial charge >= 0.3 is 0 Å². The molecule has 3 heterocycles. The third kappa shape index (κ3) is 5.83. The smallest absolute Gasteiger partial charge is 0.264 e. The van der Waals surface area contributed by atoms with Gasteiger partial charge in [0.2, 0.25) is 10.0 Å². The molecule has 0 aliphatic carbocycles. The Balaban J connectivity index is 1.63. The molecule has 7 nitrogen and oxygen atoms in total. The summed E-state index contributed by atoms with van der Waals surface area (Å²) >= 11 is 2.84. The summed E-state index contributed by atoms with van der Waals surface area (Å²) in [5.74, 6) is 0. The number of thiophene rings is 2. The van der Waals surface area contributed by atoms with E-state index >= 15 is 0 Å². The van der Waals surface area contributed by atoms with Crippen LogP contribution in [0.2, 0.25) is 0 Å². The molecule has 0 saturated carbocycles. The third-order valence-corrected chi connectivity index (χ3v) is 8.54. The monoisotopic (exact) mass is 452 g/mol. The van der Waals surface area contributed by atoms with Crippen molar-refractivity contribution in [3.8, 4) is 10.6 Å².